The third-order valence-corrected chi connectivity index (χ3v) is 5.03. The number of nitrogens with zero attached hydrogens (tertiary/aromatic N) is 2. The first-order valence-corrected chi connectivity index (χ1v) is 8.69. The van der Waals surface area contributed by atoms with Crippen molar-refractivity contribution < 1.29 is 9.32 Å². The zero-order chi connectivity index (χ0) is 16.9. The third kappa shape index (κ3) is 3.78. The molecule has 0 unspecified atom stereocenters. The second-order valence-electron chi connectivity index (χ2n) is 6.60. The zero-order valence-corrected chi connectivity index (χ0v) is 14.4. The molecule has 0 radical (unpaired) electrons. The fourth-order valence-electron chi connectivity index (χ4n) is 3.30. The van der Waals surface area contributed by atoms with Crippen molar-refractivity contribution in [3.8, 4) is 0 Å². The van der Waals surface area contributed by atoms with Crippen LogP contribution in [0.4, 0.5) is 10.5 Å². The highest BCUT2D eigenvalue weighted by Gasteiger charge is 2.20. The number of benzene rings is 1. The molecule has 1 heterocycles. The molecular weight excluding hydrogens is 302 g/mol. The van der Waals surface area contributed by atoms with Crippen molar-refractivity contribution >= 4 is 11.7 Å². The maximum Gasteiger partial charge on any atom is 0.322 e. The van der Waals surface area contributed by atoms with Gasteiger partial charge in [-0.3, -0.25) is 0 Å². The molecule has 24 heavy (non-hydrogen) atoms. The smallest absolute Gasteiger partial charge is 0.322 e. The van der Waals surface area contributed by atoms with Gasteiger partial charge in [0.25, 0.3) is 0 Å². The van der Waals surface area contributed by atoms with E-state index >= 15 is 0 Å². The van der Waals surface area contributed by atoms with Crippen LogP contribution in [-0.4, -0.2) is 23.1 Å². The molecule has 1 aromatic heterocycles. The number of rotatable bonds is 4. The molecule has 2 aromatic rings. The average Bonchev–Trinajstić information content (AvgIpc) is 3.16. The lowest BCUT2D eigenvalue weighted by Gasteiger charge is -2.24. The highest BCUT2D eigenvalue weighted by molar-refractivity contribution is 5.89. The van der Waals surface area contributed by atoms with Gasteiger partial charge in [-0.25, -0.2) is 4.79 Å². The first-order chi connectivity index (χ1) is 11.6. The second-order valence-corrected chi connectivity index (χ2v) is 6.60. The Hall–Kier alpha value is -2.30. The molecule has 0 saturated heterocycles. The molecule has 1 fully saturated rings. The highest BCUT2D eigenvalue weighted by atomic mass is 16.5. The quantitative estimate of drug-likeness (QED) is 0.864. The Balaban J connectivity index is 1.59. The van der Waals surface area contributed by atoms with Crippen LogP contribution in [0.3, 0.4) is 0 Å². The van der Waals surface area contributed by atoms with Gasteiger partial charge in [0.15, 0.2) is 0 Å². The fraction of sp³-hybridized carbons (Fsp3) is 0.474. The standard InChI is InChI=1S/C19H25N3O2/c1-14(18-12-13-24-21-18)22(2)19(23)20-17-10-8-16(9-11-17)15-6-4-3-5-7-15/h8-15H,3-7H2,1-2H3,(H,20,23)/t14-/m0/s1. The largest absolute Gasteiger partial charge is 0.364 e. The molecule has 0 spiro atoms. The predicted octanol–water partition coefficient (Wildman–Crippen LogP) is 4.95. The molecule has 3 rings (SSSR count). The minimum Gasteiger partial charge on any atom is -0.364 e. The van der Waals surface area contributed by atoms with Crippen molar-refractivity contribution in [2.24, 2.45) is 0 Å². The molecule has 1 atom stereocenters. The van der Waals surface area contributed by atoms with E-state index in [2.05, 4.69) is 22.6 Å². The Morgan fingerprint density at radius 3 is 2.54 bits per heavy atom. The summed E-state index contributed by atoms with van der Waals surface area (Å²) in [6, 6.07) is 9.75. The van der Waals surface area contributed by atoms with Crippen LogP contribution in [0.2, 0.25) is 0 Å². The number of aromatic nitrogens is 1. The van der Waals surface area contributed by atoms with Crippen LogP contribution in [-0.2, 0) is 0 Å². The molecule has 5 heteroatoms. The summed E-state index contributed by atoms with van der Waals surface area (Å²) in [4.78, 5) is 14.0. The number of carbonyl (C=O) groups is 1. The van der Waals surface area contributed by atoms with Gasteiger partial charge in [-0.15, -0.1) is 0 Å². The number of hydrogen-bond donors (Lipinski definition) is 1. The normalized spacial score (nSPS) is 16.6. The van der Waals surface area contributed by atoms with Crippen molar-refractivity contribution in [2.75, 3.05) is 12.4 Å². The Bertz CT molecular complexity index is 646. The van der Waals surface area contributed by atoms with Gasteiger partial charge in [-0.1, -0.05) is 36.6 Å². The minimum atomic E-state index is -0.157. The predicted molar refractivity (Wildman–Crippen MR) is 94.0 cm³/mol. The fourth-order valence-corrected chi connectivity index (χ4v) is 3.30. The second kappa shape index (κ2) is 7.51. The van der Waals surface area contributed by atoms with Gasteiger partial charge in [-0.05, 0) is 43.4 Å². The number of amides is 2. The lowest BCUT2D eigenvalue weighted by Crippen LogP contribution is -2.33. The maximum atomic E-state index is 12.4. The average molecular weight is 327 g/mol. The first kappa shape index (κ1) is 16.6. The van der Waals surface area contributed by atoms with Crippen molar-refractivity contribution in [1.29, 1.82) is 0 Å². The molecule has 1 saturated carbocycles. The molecule has 1 N–H and O–H groups in total. The van der Waals surface area contributed by atoms with Crippen LogP contribution in [0, 0.1) is 0 Å². The van der Waals surface area contributed by atoms with Crippen LogP contribution in [0.25, 0.3) is 0 Å². The summed E-state index contributed by atoms with van der Waals surface area (Å²) in [5, 5.41) is 6.84. The van der Waals surface area contributed by atoms with Crippen LogP contribution >= 0.6 is 0 Å². The monoisotopic (exact) mass is 327 g/mol. The van der Waals surface area contributed by atoms with Gasteiger partial charge in [0.2, 0.25) is 0 Å². The van der Waals surface area contributed by atoms with E-state index in [1.54, 1.807) is 18.0 Å². The Morgan fingerprint density at radius 2 is 1.92 bits per heavy atom. The van der Waals surface area contributed by atoms with E-state index in [9.17, 15) is 4.79 Å². The molecule has 5 nitrogen and oxygen atoms in total. The molecule has 2 amide bonds. The Kier molecular flexibility index (Phi) is 5.18. The summed E-state index contributed by atoms with van der Waals surface area (Å²) < 4.78 is 4.85. The van der Waals surface area contributed by atoms with Crippen LogP contribution in [0.5, 0.6) is 0 Å². The molecule has 1 aliphatic carbocycles. The number of hydrogen-bond acceptors (Lipinski definition) is 3. The van der Waals surface area contributed by atoms with Crippen LogP contribution in [0.15, 0.2) is 41.1 Å². The Morgan fingerprint density at radius 1 is 1.21 bits per heavy atom. The van der Waals surface area contributed by atoms with Gasteiger partial charge in [0.05, 0.1) is 6.04 Å². The van der Waals surface area contributed by atoms with Crippen LogP contribution < -0.4 is 5.32 Å². The molecule has 0 bridgehead atoms. The van der Waals surface area contributed by atoms with Gasteiger partial charge >= 0.3 is 6.03 Å². The van der Waals surface area contributed by atoms with E-state index in [-0.39, 0.29) is 12.1 Å². The SMILES string of the molecule is C[C@@H](c1ccon1)N(C)C(=O)Nc1ccc(C2CCCCC2)cc1. The summed E-state index contributed by atoms with van der Waals surface area (Å²) in [6.07, 6.45) is 8.09. The zero-order valence-electron chi connectivity index (χ0n) is 14.4. The molecule has 1 aliphatic rings. The van der Waals surface area contributed by atoms with Crippen molar-refractivity contribution in [2.45, 2.75) is 51.0 Å². The lowest BCUT2D eigenvalue weighted by atomic mass is 9.84. The molecule has 1 aromatic carbocycles. The van der Waals surface area contributed by atoms with Crippen LogP contribution in [0.1, 0.15) is 62.2 Å². The van der Waals surface area contributed by atoms with E-state index in [0.717, 1.165) is 11.4 Å². The molecule has 0 aliphatic heterocycles. The van der Waals surface area contributed by atoms with E-state index in [1.165, 1.54) is 43.9 Å². The van der Waals surface area contributed by atoms with Gasteiger partial charge in [-0.2, -0.15) is 0 Å². The molecular formula is C19H25N3O2. The minimum absolute atomic E-state index is 0.148. The maximum absolute atomic E-state index is 12.4. The number of anilines is 1. The summed E-state index contributed by atoms with van der Waals surface area (Å²) in [5.74, 6) is 0.679. The van der Waals surface area contributed by atoms with Gasteiger partial charge < -0.3 is 14.7 Å². The summed E-state index contributed by atoms with van der Waals surface area (Å²) in [6.45, 7) is 1.92. The summed E-state index contributed by atoms with van der Waals surface area (Å²) in [5.41, 5.74) is 2.94. The Labute approximate surface area is 143 Å². The van der Waals surface area contributed by atoms with E-state index in [0.29, 0.717) is 5.92 Å². The van der Waals surface area contributed by atoms with E-state index in [1.807, 2.05) is 19.1 Å². The summed E-state index contributed by atoms with van der Waals surface area (Å²) in [7, 11) is 1.76. The number of urea groups is 1. The van der Waals surface area contributed by atoms with E-state index in [4.69, 9.17) is 4.52 Å². The van der Waals surface area contributed by atoms with Crippen molar-refractivity contribution in [3.05, 3.63) is 47.9 Å². The van der Waals surface area contributed by atoms with Crippen molar-refractivity contribution in [1.82, 2.24) is 10.1 Å². The number of carbonyl (C=O) groups excluding carboxylic acids is 1. The van der Waals surface area contributed by atoms with E-state index < -0.39 is 0 Å². The summed E-state index contributed by atoms with van der Waals surface area (Å²) >= 11 is 0. The molecule has 128 valence electrons. The first-order valence-electron chi connectivity index (χ1n) is 8.69. The topological polar surface area (TPSA) is 58.4 Å². The van der Waals surface area contributed by atoms with Crippen molar-refractivity contribution in [3.63, 3.8) is 0 Å². The number of nitrogens with one attached hydrogen (secondary N) is 1. The van der Waals surface area contributed by atoms with Gasteiger partial charge in [0, 0.05) is 18.8 Å². The lowest BCUT2D eigenvalue weighted by molar-refractivity contribution is 0.206. The third-order valence-electron chi connectivity index (χ3n) is 5.03. The highest BCUT2D eigenvalue weighted by Crippen LogP contribution is 2.33. The van der Waals surface area contributed by atoms with Gasteiger partial charge in [0.1, 0.15) is 12.0 Å².